The van der Waals surface area contributed by atoms with Crippen LogP contribution >= 0.6 is 12.4 Å². The van der Waals surface area contributed by atoms with Crippen LogP contribution in [0.4, 0.5) is 0 Å². The number of carboxylic acids is 2. The van der Waals surface area contributed by atoms with Gasteiger partial charge in [-0.15, -0.1) is 12.4 Å². The van der Waals surface area contributed by atoms with Crippen LogP contribution in [0.1, 0.15) is 91.9 Å². The van der Waals surface area contributed by atoms with Gasteiger partial charge in [0.05, 0.1) is 12.8 Å². The van der Waals surface area contributed by atoms with Gasteiger partial charge in [-0.3, -0.25) is 9.59 Å². The minimum atomic E-state index is -0.728. The standard InChI is InChI=1S/2C10H21NO2.ClH/c2*1-3-4-5-6-9(2)11-8-7-10(12)13;/h2*9,11H,3-8H2,1-2H3,(H,12,13);1H/t2*9-;/m11./s1. The maximum atomic E-state index is 10.2. The second-order valence-corrected chi connectivity index (χ2v) is 6.99. The minimum Gasteiger partial charge on any atom is -0.481 e. The number of carbonyl (C=O) groups is 2. The van der Waals surface area contributed by atoms with E-state index >= 15 is 0 Å². The molecule has 0 fully saturated rings. The number of hydrogen-bond acceptors (Lipinski definition) is 4. The fraction of sp³-hybridized carbons (Fsp3) is 0.900. The maximum Gasteiger partial charge on any atom is 0.304 e. The maximum absolute atomic E-state index is 10.2. The van der Waals surface area contributed by atoms with Crippen LogP contribution in [0.3, 0.4) is 0 Å². The Balaban J connectivity index is -0.000000411. The van der Waals surface area contributed by atoms with E-state index in [-0.39, 0.29) is 25.2 Å². The molecule has 0 spiro atoms. The van der Waals surface area contributed by atoms with E-state index in [1.165, 1.54) is 38.5 Å². The highest BCUT2D eigenvalue weighted by Gasteiger charge is 2.02. The second kappa shape index (κ2) is 23.2. The Labute approximate surface area is 172 Å². The normalized spacial score (nSPS) is 12.3. The Bertz CT molecular complexity index is 312. The Morgan fingerprint density at radius 3 is 1.33 bits per heavy atom. The number of nitrogens with one attached hydrogen (secondary N) is 2. The van der Waals surface area contributed by atoms with Gasteiger partial charge in [0, 0.05) is 25.2 Å². The zero-order valence-electron chi connectivity index (χ0n) is 17.8. The van der Waals surface area contributed by atoms with Crippen LogP contribution in [-0.4, -0.2) is 47.3 Å². The van der Waals surface area contributed by atoms with Crippen LogP contribution in [0, 0.1) is 0 Å². The predicted molar refractivity (Wildman–Crippen MR) is 115 cm³/mol. The van der Waals surface area contributed by atoms with Crippen LogP contribution in [0.15, 0.2) is 0 Å². The molecule has 0 saturated heterocycles. The summed E-state index contributed by atoms with van der Waals surface area (Å²) in [5.74, 6) is -1.46. The molecule has 27 heavy (non-hydrogen) atoms. The number of hydrogen-bond donors (Lipinski definition) is 4. The van der Waals surface area contributed by atoms with E-state index in [9.17, 15) is 9.59 Å². The lowest BCUT2D eigenvalue weighted by Crippen LogP contribution is -2.28. The Morgan fingerprint density at radius 2 is 1.07 bits per heavy atom. The van der Waals surface area contributed by atoms with E-state index in [4.69, 9.17) is 10.2 Å². The highest BCUT2D eigenvalue weighted by Crippen LogP contribution is 2.03. The summed E-state index contributed by atoms with van der Waals surface area (Å²) < 4.78 is 0. The molecule has 0 aliphatic carbocycles. The highest BCUT2D eigenvalue weighted by molar-refractivity contribution is 5.85. The first-order valence-electron chi connectivity index (χ1n) is 10.2. The Morgan fingerprint density at radius 1 is 0.741 bits per heavy atom. The van der Waals surface area contributed by atoms with Gasteiger partial charge in [-0.2, -0.15) is 0 Å². The SMILES string of the molecule is CCCCC[C@@H](C)NCCC(=O)O.CCCCC[C@@H](C)NCCC(=O)O.Cl. The van der Waals surface area contributed by atoms with Crippen LogP contribution in [0.5, 0.6) is 0 Å². The molecule has 0 aliphatic rings. The van der Waals surface area contributed by atoms with E-state index in [0.717, 1.165) is 12.8 Å². The molecule has 6 nitrogen and oxygen atoms in total. The summed E-state index contributed by atoms with van der Waals surface area (Å²) in [6, 6.07) is 0.900. The van der Waals surface area contributed by atoms with E-state index in [1.807, 2.05) is 0 Å². The lowest BCUT2D eigenvalue weighted by atomic mass is 10.1. The third-order valence-electron chi connectivity index (χ3n) is 4.14. The van der Waals surface area contributed by atoms with Crippen molar-refractivity contribution in [2.24, 2.45) is 0 Å². The molecule has 0 heterocycles. The lowest BCUT2D eigenvalue weighted by Gasteiger charge is -2.12. The molecule has 0 aromatic rings. The molecular formula is C20H43ClN2O4. The molecular weight excluding hydrogens is 368 g/mol. The first-order valence-corrected chi connectivity index (χ1v) is 10.2. The fourth-order valence-corrected chi connectivity index (χ4v) is 2.46. The van der Waals surface area contributed by atoms with Crippen molar-refractivity contribution >= 4 is 24.3 Å². The summed E-state index contributed by atoms with van der Waals surface area (Å²) in [5, 5.41) is 23.2. The molecule has 7 heteroatoms. The summed E-state index contributed by atoms with van der Waals surface area (Å²) >= 11 is 0. The first kappa shape index (κ1) is 30.9. The molecule has 0 saturated carbocycles. The molecule has 0 amide bonds. The van der Waals surface area contributed by atoms with Crippen LogP contribution < -0.4 is 10.6 Å². The van der Waals surface area contributed by atoms with Gasteiger partial charge >= 0.3 is 11.9 Å². The monoisotopic (exact) mass is 410 g/mol. The molecule has 0 unspecified atom stereocenters. The quantitative estimate of drug-likeness (QED) is 0.280. The van der Waals surface area contributed by atoms with Gasteiger partial charge in [0.25, 0.3) is 0 Å². The number of aliphatic carboxylic acids is 2. The average molecular weight is 411 g/mol. The minimum absolute atomic E-state index is 0. The average Bonchev–Trinajstić information content (AvgIpc) is 2.55. The molecule has 164 valence electrons. The van der Waals surface area contributed by atoms with Crippen LogP contribution in [0.25, 0.3) is 0 Å². The molecule has 0 rings (SSSR count). The van der Waals surface area contributed by atoms with Gasteiger partial charge in [-0.05, 0) is 26.7 Å². The topological polar surface area (TPSA) is 98.7 Å². The third kappa shape index (κ3) is 30.1. The molecule has 2 atom stereocenters. The molecule has 0 radical (unpaired) electrons. The van der Waals surface area contributed by atoms with E-state index < -0.39 is 11.9 Å². The van der Waals surface area contributed by atoms with Crippen molar-refractivity contribution in [3.05, 3.63) is 0 Å². The summed E-state index contributed by atoms with van der Waals surface area (Å²) in [5.41, 5.74) is 0. The largest absolute Gasteiger partial charge is 0.481 e. The summed E-state index contributed by atoms with van der Waals surface area (Å²) in [4.78, 5) is 20.4. The van der Waals surface area contributed by atoms with E-state index in [2.05, 4.69) is 38.3 Å². The molecule has 0 aliphatic heterocycles. The third-order valence-corrected chi connectivity index (χ3v) is 4.14. The summed E-state index contributed by atoms with van der Waals surface area (Å²) in [6.07, 6.45) is 10.2. The van der Waals surface area contributed by atoms with Crippen molar-refractivity contribution in [3.8, 4) is 0 Å². The van der Waals surface area contributed by atoms with Gasteiger partial charge in [0.15, 0.2) is 0 Å². The number of carboxylic acid groups (broad SMARTS) is 2. The van der Waals surface area contributed by atoms with Gasteiger partial charge in [0.1, 0.15) is 0 Å². The van der Waals surface area contributed by atoms with Crippen LogP contribution in [-0.2, 0) is 9.59 Å². The smallest absolute Gasteiger partial charge is 0.304 e. The van der Waals surface area contributed by atoms with Crippen molar-refractivity contribution < 1.29 is 19.8 Å². The molecule has 0 aromatic carbocycles. The van der Waals surface area contributed by atoms with Gasteiger partial charge < -0.3 is 20.8 Å². The van der Waals surface area contributed by atoms with Gasteiger partial charge in [-0.25, -0.2) is 0 Å². The van der Waals surface area contributed by atoms with Gasteiger partial charge in [0.2, 0.25) is 0 Å². The van der Waals surface area contributed by atoms with Crippen molar-refractivity contribution in [1.29, 1.82) is 0 Å². The Hall–Kier alpha value is -0.850. The van der Waals surface area contributed by atoms with Crippen molar-refractivity contribution in [1.82, 2.24) is 10.6 Å². The van der Waals surface area contributed by atoms with E-state index in [1.54, 1.807) is 0 Å². The second-order valence-electron chi connectivity index (χ2n) is 6.99. The van der Waals surface area contributed by atoms with Gasteiger partial charge in [-0.1, -0.05) is 52.4 Å². The zero-order valence-corrected chi connectivity index (χ0v) is 18.6. The van der Waals surface area contributed by atoms with Crippen molar-refractivity contribution in [2.45, 2.75) is 104 Å². The van der Waals surface area contributed by atoms with Crippen LogP contribution in [0.2, 0.25) is 0 Å². The number of unbranched alkanes of at least 4 members (excludes halogenated alkanes) is 4. The zero-order chi connectivity index (χ0) is 20.2. The van der Waals surface area contributed by atoms with E-state index in [0.29, 0.717) is 25.2 Å². The lowest BCUT2D eigenvalue weighted by molar-refractivity contribution is -0.137. The predicted octanol–water partition coefficient (Wildman–Crippen LogP) is 4.46. The Kier molecular flexibility index (Phi) is 26.5. The summed E-state index contributed by atoms with van der Waals surface area (Å²) in [6.45, 7) is 9.76. The number of halogens is 1. The molecule has 4 N–H and O–H groups in total. The fourth-order valence-electron chi connectivity index (χ4n) is 2.46. The summed E-state index contributed by atoms with van der Waals surface area (Å²) in [7, 11) is 0. The molecule has 0 aromatic heterocycles. The number of rotatable bonds is 16. The van der Waals surface area contributed by atoms with Crippen molar-refractivity contribution in [2.75, 3.05) is 13.1 Å². The highest BCUT2D eigenvalue weighted by atomic mass is 35.5. The first-order chi connectivity index (χ1) is 12.3. The van der Waals surface area contributed by atoms with Crippen molar-refractivity contribution in [3.63, 3.8) is 0 Å². The molecule has 0 bridgehead atoms.